The SMILES string of the molecule is Fc1ccc(F)c(-c2c[c]oc2)c1. The van der Waals surface area contributed by atoms with E-state index >= 15 is 0 Å². The Labute approximate surface area is 73.6 Å². The number of hydrogen-bond donors (Lipinski definition) is 0. The quantitative estimate of drug-likeness (QED) is 0.655. The van der Waals surface area contributed by atoms with Crippen molar-refractivity contribution in [2.75, 3.05) is 0 Å². The molecule has 0 aliphatic rings. The maximum atomic E-state index is 13.1. The lowest BCUT2D eigenvalue weighted by Crippen LogP contribution is -1.83. The van der Waals surface area contributed by atoms with Crippen LogP contribution >= 0.6 is 0 Å². The molecule has 65 valence electrons. The summed E-state index contributed by atoms with van der Waals surface area (Å²) in [4.78, 5) is 0. The lowest BCUT2D eigenvalue weighted by molar-refractivity contribution is 0.558. The predicted molar refractivity (Wildman–Crippen MR) is 42.9 cm³/mol. The summed E-state index contributed by atoms with van der Waals surface area (Å²) >= 11 is 0. The van der Waals surface area contributed by atoms with Gasteiger partial charge < -0.3 is 4.42 Å². The molecule has 1 aromatic heterocycles. The molecular formula is C10H5F2O. The van der Waals surface area contributed by atoms with Gasteiger partial charge in [-0.2, -0.15) is 0 Å². The minimum Gasteiger partial charge on any atom is -0.460 e. The Balaban J connectivity index is 2.57. The first-order chi connectivity index (χ1) is 6.27. The van der Waals surface area contributed by atoms with Crippen LogP contribution in [0.5, 0.6) is 0 Å². The van der Waals surface area contributed by atoms with Gasteiger partial charge in [0.2, 0.25) is 0 Å². The van der Waals surface area contributed by atoms with Gasteiger partial charge in [-0.3, -0.25) is 0 Å². The molecule has 2 rings (SSSR count). The molecular weight excluding hydrogens is 174 g/mol. The second-order valence-electron chi connectivity index (χ2n) is 2.58. The molecule has 1 radical (unpaired) electrons. The van der Waals surface area contributed by atoms with Crippen molar-refractivity contribution in [3.8, 4) is 11.1 Å². The Kier molecular flexibility index (Phi) is 1.85. The highest BCUT2D eigenvalue weighted by atomic mass is 19.1. The van der Waals surface area contributed by atoms with Crippen molar-refractivity contribution < 1.29 is 13.2 Å². The van der Waals surface area contributed by atoms with Crippen molar-refractivity contribution in [3.63, 3.8) is 0 Å². The minimum absolute atomic E-state index is 0.185. The van der Waals surface area contributed by atoms with Gasteiger partial charge in [0.05, 0.1) is 6.26 Å². The molecule has 3 heteroatoms. The largest absolute Gasteiger partial charge is 0.460 e. The third-order valence-corrected chi connectivity index (χ3v) is 1.71. The molecule has 0 fully saturated rings. The Morgan fingerprint density at radius 2 is 2.08 bits per heavy atom. The molecule has 0 saturated heterocycles. The highest BCUT2D eigenvalue weighted by molar-refractivity contribution is 5.62. The zero-order chi connectivity index (χ0) is 9.26. The first-order valence-corrected chi connectivity index (χ1v) is 3.67. The van der Waals surface area contributed by atoms with Gasteiger partial charge >= 0.3 is 0 Å². The summed E-state index contributed by atoms with van der Waals surface area (Å²) in [6.07, 6.45) is 3.73. The van der Waals surface area contributed by atoms with Crippen LogP contribution in [-0.2, 0) is 0 Å². The van der Waals surface area contributed by atoms with Crippen LogP contribution in [0.1, 0.15) is 0 Å². The molecule has 0 amide bonds. The van der Waals surface area contributed by atoms with Gasteiger partial charge in [0.1, 0.15) is 11.6 Å². The molecule has 1 aromatic carbocycles. The highest BCUT2D eigenvalue weighted by Crippen LogP contribution is 2.23. The maximum absolute atomic E-state index is 13.1. The molecule has 0 unspecified atom stereocenters. The van der Waals surface area contributed by atoms with Crippen LogP contribution in [0.4, 0.5) is 8.78 Å². The number of benzene rings is 1. The Bertz CT molecular complexity index is 407. The third kappa shape index (κ3) is 1.45. The molecule has 0 N–H and O–H groups in total. The second-order valence-corrected chi connectivity index (χ2v) is 2.58. The number of furan rings is 1. The van der Waals surface area contributed by atoms with Crippen LogP contribution in [0, 0.1) is 17.9 Å². The van der Waals surface area contributed by atoms with Crippen LogP contribution < -0.4 is 0 Å². The van der Waals surface area contributed by atoms with Gasteiger partial charge in [0, 0.05) is 11.1 Å². The first-order valence-electron chi connectivity index (χ1n) is 3.67. The average Bonchev–Trinajstić information content (AvgIpc) is 2.61. The van der Waals surface area contributed by atoms with Crippen molar-refractivity contribution in [1.82, 2.24) is 0 Å². The van der Waals surface area contributed by atoms with E-state index < -0.39 is 11.6 Å². The molecule has 0 aliphatic heterocycles. The summed E-state index contributed by atoms with van der Waals surface area (Å²) in [6, 6.07) is 4.73. The van der Waals surface area contributed by atoms with E-state index in [1.54, 1.807) is 0 Å². The number of halogens is 2. The zero-order valence-corrected chi connectivity index (χ0v) is 6.55. The Morgan fingerprint density at radius 1 is 1.23 bits per heavy atom. The van der Waals surface area contributed by atoms with Crippen LogP contribution in [0.3, 0.4) is 0 Å². The van der Waals surface area contributed by atoms with Gasteiger partial charge in [-0.15, -0.1) is 0 Å². The van der Waals surface area contributed by atoms with Gasteiger partial charge in [0.15, 0.2) is 6.26 Å². The number of hydrogen-bond acceptors (Lipinski definition) is 1. The Morgan fingerprint density at radius 3 is 2.77 bits per heavy atom. The molecule has 0 bridgehead atoms. The van der Waals surface area contributed by atoms with E-state index in [-0.39, 0.29) is 5.56 Å². The normalized spacial score (nSPS) is 10.3. The molecule has 0 aliphatic carbocycles. The molecule has 0 spiro atoms. The van der Waals surface area contributed by atoms with E-state index in [1.807, 2.05) is 0 Å². The van der Waals surface area contributed by atoms with E-state index in [0.29, 0.717) is 5.56 Å². The first kappa shape index (κ1) is 7.98. The van der Waals surface area contributed by atoms with Crippen molar-refractivity contribution in [2.24, 2.45) is 0 Å². The van der Waals surface area contributed by atoms with Gasteiger partial charge in [-0.25, -0.2) is 8.78 Å². The Hall–Kier alpha value is -1.64. The van der Waals surface area contributed by atoms with E-state index in [1.165, 1.54) is 12.3 Å². The third-order valence-electron chi connectivity index (χ3n) is 1.71. The van der Waals surface area contributed by atoms with Gasteiger partial charge in [-0.05, 0) is 24.3 Å². The average molecular weight is 179 g/mol. The summed E-state index contributed by atoms with van der Waals surface area (Å²) in [7, 11) is 0. The van der Waals surface area contributed by atoms with Crippen LogP contribution in [0.15, 0.2) is 34.9 Å². The van der Waals surface area contributed by atoms with Crippen LogP contribution in [0.2, 0.25) is 0 Å². The van der Waals surface area contributed by atoms with Crippen molar-refractivity contribution >= 4 is 0 Å². The van der Waals surface area contributed by atoms with E-state index in [0.717, 1.165) is 18.2 Å². The van der Waals surface area contributed by atoms with Crippen molar-refractivity contribution in [3.05, 3.63) is 48.4 Å². The second kappa shape index (κ2) is 3.01. The maximum Gasteiger partial charge on any atom is 0.169 e. The molecule has 13 heavy (non-hydrogen) atoms. The fourth-order valence-corrected chi connectivity index (χ4v) is 1.09. The monoisotopic (exact) mass is 179 g/mol. The summed E-state index contributed by atoms with van der Waals surface area (Å²) in [5.74, 6) is -0.950. The van der Waals surface area contributed by atoms with E-state index in [2.05, 4.69) is 10.7 Å². The molecule has 0 saturated carbocycles. The summed E-state index contributed by atoms with van der Waals surface area (Å²) in [5, 5.41) is 0. The minimum atomic E-state index is -0.476. The van der Waals surface area contributed by atoms with Crippen LogP contribution in [-0.4, -0.2) is 0 Å². The lowest BCUT2D eigenvalue weighted by atomic mass is 10.1. The predicted octanol–water partition coefficient (Wildman–Crippen LogP) is 3.02. The summed E-state index contributed by atoms with van der Waals surface area (Å²) < 4.78 is 30.5. The molecule has 0 atom stereocenters. The van der Waals surface area contributed by atoms with Crippen LogP contribution in [0.25, 0.3) is 11.1 Å². The van der Waals surface area contributed by atoms with Gasteiger partial charge in [-0.1, -0.05) is 0 Å². The summed E-state index contributed by atoms with van der Waals surface area (Å²) in [5.41, 5.74) is 0.669. The lowest BCUT2D eigenvalue weighted by Gasteiger charge is -1.98. The van der Waals surface area contributed by atoms with Crippen molar-refractivity contribution in [1.29, 1.82) is 0 Å². The topological polar surface area (TPSA) is 13.1 Å². The molecule has 2 aromatic rings. The fourth-order valence-electron chi connectivity index (χ4n) is 1.09. The smallest absolute Gasteiger partial charge is 0.169 e. The van der Waals surface area contributed by atoms with Gasteiger partial charge in [0.25, 0.3) is 0 Å². The zero-order valence-electron chi connectivity index (χ0n) is 6.55. The fraction of sp³-hybridized carbons (Fsp3) is 0. The molecule has 1 heterocycles. The summed E-state index contributed by atoms with van der Waals surface area (Å²) in [6.45, 7) is 0. The van der Waals surface area contributed by atoms with E-state index in [9.17, 15) is 8.78 Å². The number of rotatable bonds is 1. The molecule has 1 nitrogen and oxygen atoms in total. The van der Waals surface area contributed by atoms with Crippen molar-refractivity contribution in [2.45, 2.75) is 0 Å². The van der Waals surface area contributed by atoms with E-state index in [4.69, 9.17) is 0 Å². The highest BCUT2D eigenvalue weighted by Gasteiger charge is 2.06. The standard InChI is InChI=1S/C10H5F2O/c11-8-1-2-10(12)9(5-8)7-3-4-13-6-7/h1-3,5-6H.